The van der Waals surface area contributed by atoms with E-state index in [0.29, 0.717) is 12.0 Å². The molecular formula is C14H29N3O. The van der Waals surface area contributed by atoms with Crippen LogP contribution in [0.2, 0.25) is 0 Å². The Morgan fingerprint density at radius 3 is 2.94 bits per heavy atom. The molecule has 106 valence electrons. The summed E-state index contributed by atoms with van der Waals surface area (Å²) in [5.41, 5.74) is 0. The number of nitrogens with one attached hydrogen (secondary N) is 1. The quantitative estimate of drug-likeness (QED) is 0.780. The summed E-state index contributed by atoms with van der Waals surface area (Å²) in [4.78, 5) is 5.01. The second-order valence-electron chi connectivity index (χ2n) is 5.96. The molecule has 4 nitrogen and oxygen atoms in total. The molecule has 0 aromatic carbocycles. The van der Waals surface area contributed by atoms with Crippen molar-refractivity contribution in [3.05, 3.63) is 0 Å². The Bertz CT molecular complexity index is 249. The van der Waals surface area contributed by atoms with Crippen molar-refractivity contribution in [2.24, 2.45) is 5.92 Å². The smallest absolute Gasteiger partial charge is 0.0623 e. The van der Waals surface area contributed by atoms with Crippen molar-refractivity contribution in [1.82, 2.24) is 15.1 Å². The van der Waals surface area contributed by atoms with Gasteiger partial charge in [0.2, 0.25) is 0 Å². The van der Waals surface area contributed by atoms with Crippen LogP contribution in [0, 0.1) is 5.92 Å². The summed E-state index contributed by atoms with van der Waals surface area (Å²) in [6, 6.07) is 1.28. The Labute approximate surface area is 112 Å². The van der Waals surface area contributed by atoms with Gasteiger partial charge in [0, 0.05) is 31.1 Å². The molecule has 0 bridgehead atoms. The predicted molar refractivity (Wildman–Crippen MR) is 74.9 cm³/mol. The maximum absolute atomic E-state index is 5.63. The number of ether oxygens (including phenoxy) is 1. The lowest BCUT2D eigenvalue weighted by Gasteiger charge is -2.37. The molecular weight excluding hydrogens is 226 g/mol. The number of likely N-dealkylation sites (tertiary alicyclic amines) is 1. The van der Waals surface area contributed by atoms with Gasteiger partial charge in [-0.3, -0.25) is 0 Å². The summed E-state index contributed by atoms with van der Waals surface area (Å²) in [7, 11) is 4.52. The molecule has 0 aromatic rings. The van der Waals surface area contributed by atoms with E-state index in [1.165, 1.54) is 25.9 Å². The molecule has 2 rings (SSSR count). The molecule has 0 aromatic heterocycles. The lowest BCUT2D eigenvalue weighted by atomic mass is 10.00. The summed E-state index contributed by atoms with van der Waals surface area (Å²) in [5.74, 6) is 0.655. The van der Waals surface area contributed by atoms with Gasteiger partial charge in [0.15, 0.2) is 0 Å². The normalized spacial score (nSPS) is 34.3. The summed E-state index contributed by atoms with van der Waals surface area (Å²) in [6.45, 7) is 8.67. The third-order valence-corrected chi connectivity index (χ3v) is 4.41. The maximum atomic E-state index is 5.63. The van der Waals surface area contributed by atoms with Crippen LogP contribution in [0.4, 0.5) is 0 Å². The van der Waals surface area contributed by atoms with Crippen molar-refractivity contribution >= 4 is 0 Å². The zero-order chi connectivity index (χ0) is 13.0. The average molecular weight is 255 g/mol. The van der Waals surface area contributed by atoms with E-state index in [2.05, 4.69) is 36.1 Å². The highest BCUT2D eigenvalue weighted by atomic mass is 16.5. The number of hydrogen-bond acceptors (Lipinski definition) is 4. The number of rotatable bonds is 5. The monoisotopic (exact) mass is 255 g/mol. The first-order valence-electron chi connectivity index (χ1n) is 7.40. The van der Waals surface area contributed by atoms with Crippen LogP contribution in [0.15, 0.2) is 0 Å². The van der Waals surface area contributed by atoms with Crippen molar-refractivity contribution in [2.45, 2.75) is 31.8 Å². The molecule has 3 unspecified atom stereocenters. The lowest BCUT2D eigenvalue weighted by Crippen LogP contribution is -2.48. The van der Waals surface area contributed by atoms with Gasteiger partial charge >= 0.3 is 0 Å². The van der Waals surface area contributed by atoms with E-state index >= 15 is 0 Å². The fourth-order valence-electron chi connectivity index (χ4n) is 3.28. The number of hydrogen-bond donors (Lipinski definition) is 1. The van der Waals surface area contributed by atoms with Gasteiger partial charge in [-0.2, -0.15) is 0 Å². The average Bonchev–Trinajstić information content (AvgIpc) is 2.77. The maximum Gasteiger partial charge on any atom is 0.0623 e. The van der Waals surface area contributed by atoms with Gasteiger partial charge in [0.1, 0.15) is 0 Å². The fraction of sp³-hybridized carbons (Fsp3) is 1.00. The van der Waals surface area contributed by atoms with Crippen molar-refractivity contribution in [2.75, 3.05) is 53.5 Å². The summed E-state index contributed by atoms with van der Waals surface area (Å²) in [6.07, 6.45) is 2.68. The molecule has 2 aliphatic heterocycles. The second kappa shape index (κ2) is 6.85. The first kappa shape index (κ1) is 14.3. The third kappa shape index (κ3) is 3.67. The van der Waals surface area contributed by atoms with Gasteiger partial charge in [-0.25, -0.2) is 0 Å². The first-order chi connectivity index (χ1) is 8.70. The highest BCUT2D eigenvalue weighted by Gasteiger charge is 2.30. The Hall–Kier alpha value is -0.160. The van der Waals surface area contributed by atoms with E-state index in [1.807, 2.05) is 0 Å². The molecule has 2 saturated heterocycles. The van der Waals surface area contributed by atoms with Crippen molar-refractivity contribution < 1.29 is 4.74 Å². The molecule has 1 N–H and O–H groups in total. The minimum absolute atomic E-state index is 0.554. The predicted octanol–water partition coefficient (Wildman–Crippen LogP) is 0.637. The van der Waals surface area contributed by atoms with Crippen LogP contribution in [0.5, 0.6) is 0 Å². The lowest BCUT2D eigenvalue weighted by molar-refractivity contribution is 0.111. The fourth-order valence-corrected chi connectivity index (χ4v) is 3.28. The Kier molecular flexibility index (Phi) is 5.42. The highest BCUT2D eigenvalue weighted by molar-refractivity contribution is 4.86. The first-order valence-corrected chi connectivity index (χ1v) is 7.40. The van der Waals surface area contributed by atoms with E-state index in [4.69, 9.17) is 4.74 Å². The molecule has 18 heavy (non-hydrogen) atoms. The molecule has 0 radical (unpaired) electrons. The van der Waals surface area contributed by atoms with Crippen LogP contribution in [-0.2, 0) is 4.74 Å². The summed E-state index contributed by atoms with van der Waals surface area (Å²) in [5, 5.41) is 3.55. The molecule has 0 spiro atoms. The van der Waals surface area contributed by atoms with E-state index in [1.54, 1.807) is 0 Å². The molecule has 3 atom stereocenters. The SMILES string of the molecule is CCNC1COCC1CN(C)C1CCCN(C)C1. The molecule has 4 heteroatoms. The largest absolute Gasteiger partial charge is 0.379 e. The van der Waals surface area contributed by atoms with Crippen molar-refractivity contribution in [3.63, 3.8) is 0 Å². The molecule has 2 heterocycles. The molecule has 0 saturated carbocycles. The molecule has 2 aliphatic rings. The zero-order valence-corrected chi connectivity index (χ0v) is 12.2. The van der Waals surface area contributed by atoms with Gasteiger partial charge < -0.3 is 19.9 Å². The van der Waals surface area contributed by atoms with Crippen molar-refractivity contribution in [1.29, 1.82) is 0 Å². The van der Waals surface area contributed by atoms with Gasteiger partial charge in [-0.1, -0.05) is 6.92 Å². The minimum Gasteiger partial charge on any atom is -0.379 e. The highest BCUT2D eigenvalue weighted by Crippen LogP contribution is 2.19. The van der Waals surface area contributed by atoms with Gasteiger partial charge in [-0.05, 0) is 40.0 Å². The number of likely N-dealkylation sites (N-methyl/N-ethyl adjacent to an activating group) is 3. The summed E-state index contributed by atoms with van der Waals surface area (Å²) < 4.78 is 5.63. The molecule has 2 fully saturated rings. The Morgan fingerprint density at radius 1 is 1.39 bits per heavy atom. The topological polar surface area (TPSA) is 27.7 Å². The van der Waals surface area contributed by atoms with E-state index in [0.717, 1.165) is 32.3 Å². The molecule has 0 amide bonds. The van der Waals surface area contributed by atoms with Crippen LogP contribution in [0.25, 0.3) is 0 Å². The van der Waals surface area contributed by atoms with E-state index in [-0.39, 0.29) is 0 Å². The number of nitrogens with zero attached hydrogens (tertiary/aromatic N) is 2. The zero-order valence-electron chi connectivity index (χ0n) is 12.2. The van der Waals surface area contributed by atoms with Crippen LogP contribution in [0.3, 0.4) is 0 Å². The minimum atomic E-state index is 0.554. The molecule has 0 aliphatic carbocycles. The van der Waals surface area contributed by atoms with E-state index in [9.17, 15) is 0 Å². The standard InChI is InChI=1S/C14H29N3O/c1-4-15-14-11-18-10-12(14)8-17(3)13-6-5-7-16(2)9-13/h12-15H,4-11H2,1-3H3. The van der Waals surface area contributed by atoms with Crippen LogP contribution >= 0.6 is 0 Å². The van der Waals surface area contributed by atoms with Crippen LogP contribution in [-0.4, -0.2) is 75.4 Å². The summed E-state index contributed by atoms with van der Waals surface area (Å²) >= 11 is 0. The van der Waals surface area contributed by atoms with Gasteiger partial charge in [0.05, 0.1) is 13.2 Å². The Morgan fingerprint density at radius 2 is 2.22 bits per heavy atom. The van der Waals surface area contributed by atoms with Gasteiger partial charge in [0.25, 0.3) is 0 Å². The Balaban J connectivity index is 1.80. The third-order valence-electron chi connectivity index (χ3n) is 4.41. The number of piperidine rings is 1. The van der Waals surface area contributed by atoms with Crippen molar-refractivity contribution in [3.8, 4) is 0 Å². The van der Waals surface area contributed by atoms with Crippen LogP contribution in [0.1, 0.15) is 19.8 Å². The second-order valence-corrected chi connectivity index (χ2v) is 5.96. The van der Waals surface area contributed by atoms with E-state index < -0.39 is 0 Å². The van der Waals surface area contributed by atoms with Crippen LogP contribution < -0.4 is 5.32 Å². The van der Waals surface area contributed by atoms with Gasteiger partial charge in [-0.15, -0.1) is 0 Å².